The summed E-state index contributed by atoms with van der Waals surface area (Å²) in [4.78, 5) is 0.318. The quantitative estimate of drug-likeness (QED) is 0.684. The minimum Gasteiger partial charge on any atom is -0.492 e. The Morgan fingerprint density at radius 3 is 2.48 bits per heavy atom. The molecule has 0 aliphatic heterocycles. The predicted molar refractivity (Wildman–Crippen MR) is 101 cm³/mol. The van der Waals surface area contributed by atoms with Crippen LogP contribution in [-0.4, -0.2) is 21.6 Å². The summed E-state index contributed by atoms with van der Waals surface area (Å²) in [6, 6.07) is 19.3. The standard InChI is InChI=1S/C20H21NO3S/c1-15-7-8-16(2)20(13-15)25(22,23)21-11-12-24-19-10-9-17-5-3-4-6-18(17)14-19/h3-10,13-14,21H,11-12H2,1-2H3. The minimum atomic E-state index is -3.53. The third-order valence-electron chi connectivity index (χ3n) is 4.02. The maximum absolute atomic E-state index is 12.4. The van der Waals surface area contributed by atoms with E-state index in [0.717, 1.165) is 27.6 Å². The molecule has 0 aliphatic carbocycles. The first-order chi connectivity index (χ1) is 12.0. The van der Waals surface area contributed by atoms with Crippen LogP contribution in [0.2, 0.25) is 0 Å². The van der Waals surface area contributed by atoms with Crippen molar-refractivity contribution in [3.63, 3.8) is 0 Å². The van der Waals surface area contributed by atoms with E-state index in [9.17, 15) is 8.42 Å². The Balaban J connectivity index is 1.61. The zero-order valence-corrected chi connectivity index (χ0v) is 15.1. The molecular weight excluding hydrogens is 334 g/mol. The van der Waals surface area contributed by atoms with Crippen LogP contribution in [-0.2, 0) is 10.0 Å². The first-order valence-electron chi connectivity index (χ1n) is 8.14. The number of ether oxygens (including phenoxy) is 1. The largest absolute Gasteiger partial charge is 0.492 e. The van der Waals surface area contributed by atoms with Gasteiger partial charge in [0, 0.05) is 6.54 Å². The molecule has 0 amide bonds. The topological polar surface area (TPSA) is 55.4 Å². The van der Waals surface area contributed by atoms with Crippen molar-refractivity contribution in [3.8, 4) is 5.75 Å². The molecule has 3 rings (SSSR count). The summed E-state index contributed by atoms with van der Waals surface area (Å²) < 4.78 is 33.1. The van der Waals surface area contributed by atoms with Crippen molar-refractivity contribution < 1.29 is 13.2 Å². The first-order valence-corrected chi connectivity index (χ1v) is 9.62. The Morgan fingerprint density at radius 1 is 0.920 bits per heavy atom. The summed E-state index contributed by atoms with van der Waals surface area (Å²) >= 11 is 0. The van der Waals surface area contributed by atoms with Gasteiger partial charge in [0.2, 0.25) is 10.0 Å². The monoisotopic (exact) mass is 355 g/mol. The van der Waals surface area contributed by atoms with Gasteiger partial charge in [-0.15, -0.1) is 0 Å². The molecule has 0 aliphatic rings. The van der Waals surface area contributed by atoms with Gasteiger partial charge < -0.3 is 4.74 Å². The molecule has 0 spiro atoms. The molecule has 130 valence electrons. The lowest BCUT2D eigenvalue weighted by Gasteiger charge is -2.11. The highest BCUT2D eigenvalue weighted by Crippen LogP contribution is 2.20. The number of hydrogen-bond acceptors (Lipinski definition) is 3. The van der Waals surface area contributed by atoms with Crippen molar-refractivity contribution in [1.29, 1.82) is 0 Å². The second-order valence-electron chi connectivity index (χ2n) is 6.02. The van der Waals surface area contributed by atoms with Crippen LogP contribution >= 0.6 is 0 Å². The van der Waals surface area contributed by atoms with Gasteiger partial charge in [-0.05, 0) is 53.9 Å². The van der Waals surface area contributed by atoms with Gasteiger partial charge in [-0.1, -0.05) is 42.5 Å². The lowest BCUT2D eigenvalue weighted by Crippen LogP contribution is -2.28. The van der Waals surface area contributed by atoms with E-state index in [1.165, 1.54) is 0 Å². The SMILES string of the molecule is Cc1ccc(C)c(S(=O)(=O)NCCOc2ccc3ccccc3c2)c1. The molecule has 0 saturated heterocycles. The molecule has 0 radical (unpaired) electrons. The molecule has 0 bridgehead atoms. The fraction of sp³-hybridized carbons (Fsp3) is 0.200. The summed E-state index contributed by atoms with van der Waals surface area (Å²) in [5.74, 6) is 0.727. The fourth-order valence-electron chi connectivity index (χ4n) is 2.68. The van der Waals surface area contributed by atoms with Crippen molar-refractivity contribution in [2.75, 3.05) is 13.2 Å². The zero-order chi connectivity index (χ0) is 17.9. The Hall–Kier alpha value is -2.37. The maximum atomic E-state index is 12.4. The fourth-order valence-corrected chi connectivity index (χ4v) is 4.02. The van der Waals surface area contributed by atoms with Gasteiger partial charge in [0.05, 0.1) is 4.90 Å². The zero-order valence-electron chi connectivity index (χ0n) is 14.3. The van der Waals surface area contributed by atoms with Gasteiger partial charge in [-0.2, -0.15) is 0 Å². The van der Waals surface area contributed by atoms with Crippen LogP contribution in [0.15, 0.2) is 65.6 Å². The molecule has 25 heavy (non-hydrogen) atoms. The van der Waals surface area contributed by atoms with Gasteiger partial charge in [-0.25, -0.2) is 13.1 Å². The summed E-state index contributed by atoms with van der Waals surface area (Å²) in [5.41, 5.74) is 1.65. The highest BCUT2D eigenvalue weighted by Gasteiger charge is 2.16. The van der Waals surface area contributed by atoms with E-state index >= 15 is 0 Å². The molecule has 3 aromatic rings. The third-order valence-corrected chi connectivity index (χ3v) is 5.62. The number of benzene rings is 3. The number of sulfonamides is 1. The van der Waals surface area contributed by atoms with E-state index in [0.29, 0.717) is 4.90 Å². The van der Waals surface area contributed by atoms with E-state index in [4.69, 9.17) is 4.74 Å². The van der Waals surface area contributed by atoms with E-state index in [2.05, 4.69) is 4.72 Å². The number of hydrogen-bond donors (Lipinski definition) is 1. The van der Waals surface area contributed by atoms with Gasteiger partial charge >= 0.3 is 0 Å². The highest BCUT2D eigenvalue weighted by atomic mass is 32.2. The van der Waals surface area contributed by atoms with Crippen molar-refractivity contribution in [2.45, 2.75) is 18.7 Å². The lowest BCUT2D eigenvalue weighted by atomic mass is 10.1. The molecule has 0 fully saturated rings. The predicted octanol–water partition coefficient (Wildman–Crippen LogP) is 3.81. The number of fused-ring (bicyclic) bond motifs is 1. The Bertz CT molecular complexity index is 997. The molecule has 0 aromatic heterocycles. The van der Waals surface area contributed by atoms with Crippen LogP contribution in [0, 0.1) is 13.8 Å². The molecule has 5 heteroatoms. The van der Waals surface area contributed by atoms with Crippen LogP contribution < -0.4 is 9.46 Å². The molecule has 1 N–H and O–H groups in total. The summed E-state index contributed by atoms with van der Waals surface area (Å²) in [6.07, 6.45) is 0. The third kappa shape index (κ3) is 4.18. The summed E-state index contributed by atoms with van der Waals surface area (Å²) in [7, 11) is -3.53. The van der Waals surface area contributed by atoms with E-state index in [-0.39, 0.29) is 13.2 Å². The lowest BCUT2D eigenvalue weighted by molar-refractivity contribution is 0.323. The van der Waals surface area contributed by atoms with Crippen molar-refractivity contribution in [3.05, 3.63) is 71.8 Å². The van der Waals surface area contributed by atoms with Gasteiger partial charge in [-0.3, -0.25) is 0 Å². The van der Waals surface area contributed by atoms with E-state index in [1.54, 1.807) is 13.0 Å². The average Bonchev–Trinajstić information content (AvgIpc) is 2.60. The smallest absolute Gasteiger partial charge is 0.240 e. The van der Waals surface area contributed by atoms with Crippen molar-refractivity contribution in [1.82, 2.24) is 4.72 Å². The van der Waals surface area contributed by atoms with Crippen LogP contribution in [0.1, 0.15) is 11.1 Å². The maximum Gasteiger partial charge on any atom is 0.240 e. The molecule has 0 heterocycles. The number of rotatable bonds is 6. The Morgan fingerprint density at radius 2 is 1.68 bits per heavy atom. The van der Waals surface area contributed by atoms with Gasteiger partial charge in [0.15, 0.2) is 0 Å². The second-order valence-corrected chi connectivity index (χ2v) is 7.76. The number of aryl methyl sites for hydroxylation is 2. The van der Waals surface area contributed by atoms with Crippen LogP contribution in [0.4, 0.5) is 0 Å². The van der Waals surface area contributed by atoms with E-state index < -0.39 is 10.0 Å². The highest BCUT2D eigenvalue weighted by molar-refractivity contribution is 7.89. The normalized spacial score (nSPS) is 11.6. The summed E-state index contributed by atoms with van der Waals surface area (Å²) in [5, 5.41) is 2.24. The van der Waals surface area contributed by atoms with E-state index in [1.807, 2.05) is 61.5 Å². The molecular formula is C20H21NO3S. The van der Waals surface area contributed by atoms with Crippen molar-refractivity contribution in [2.24, 2.45) is 0 Å². The summed E-state index contributed by atoms with van der Waals surface area (Å²) in [6.45, 7) is 4.14. The van der Waals surface area contributed by atoms with Gasteiger partial charge in [0.1, 0.15) is 12.4 Å². The number of nitrogens with one attached hydrogen (secondary N) is 1. The Labute approximate surface area is 148 Å². The van der Waals surface area contributed by atoms with Crippen LogP contribution in [0.3, 0.4) is 0 Å². The molecule has 0 saturated carbocycles. The second kappa shape index (κ2) is 7.25. The molecule has 3 aromatic carbocycles. The molecule has 0 atom stereocenters. The van der Waals surface area contributed by atoms with Crippen LogP contribution in [0.25, 0.3) is 10.8 Å². The molecule has 4 nitrogen and oxygen atoms in total. The minimum absolute atomic E-state index is 0.211. The Kier molecular flexibility index (Phi) is 5.06. The van der Waals surface area contributed by atoms with Gasteiger partial charge in [0.25, 0.3) is 0 Å². The average molecular weight is 355 g/mol. The van der Waals surface area contributed by atoms with Crippen molar-refractivity contribution >= 4 is 20.8 Å². The molecule has 0 unspecified atom stereocenters. The first kappa shape index (κ1) is 17.5. The van der Waals surface area contributed by atoms with Crippen LogP contribution in [0.5, 0.6) is 5.75 Å².